The molecule has 2 unspecified atom stereocenters. The van der Waals surface area contributed by atoms with Gasteiger partial charge >= 0.3 is 0 Å². The van der Waals surface area contributed by atoms with Crippen molar-refractivity contribution in [1.82, 2.24) is 4.90 Å². The molecule has 10 heteroatoms. The van der Waals surface area contributed by atoms with Gasteiger partial charge in [0.2, 0.25) is 0 Å². The summed E-state index contributed by atoms with van der Waals surface area (Å²) in [6, 6.07) is 7.52. The number of thioether (sulfide) groups is 1. The van der Waals surface area contributed by atoms with Gasteiger partial charge in [0.1, 0.15) is 30.9 Å². The van der Waals surface area contributed by atoms with E-state index in [0.717, 1.165) is 11.3 Å². The van der Waals surface area contributed by atoms with Crippen molar-refractivity contribution in [2.45, 2.75) is 69.8 Å². The van der Waals surface area contributed by atoms with E-state index in [-0.39, 0.29) is 21.9 Å². The largest absolute Gasteiger partial charge is 0.497 e. The van der Waals surface area contributed by atoms with Crippen molar-refractivity contribution in [1.29, 1.82) is 4.78 Å². The first-order chi connectivity index (χ1) is 14.0. The van der Waals surface area contributed by atoms with Crippen LogP contribution < -0.4 is 9.88 Å². The standard InChI is InChI=1S/C21H37N3O4S2Si/c1-15(16-9-11-17(27-6)12-10-16)24-13-18(30(22,23)26)29-19(24)21(5,25)14-28-31(7,8)20(2,3)4/h9-13,15,19,25H,14H2,1-8H3,(H3,22,23,26)/t15-,19?,21-/m0/s1. The summed E-state index contributed by atoms with van der Waals surface area (Å²) in [6.45, 7) is 14.6. The van der Waals surface area contributed by atoms with Gasteiger partial charge in [-0.3, -0.25) is 0 Å². The molecule has 0 saturated carbocycles. The fraction of sp³-hybridized carbons (Fsp3) is 0.619. The van der Waals surface area contributed by atoms with Crippen LogP contribution in [0.3, 0.4) is 0 Å². The van der Waals surface area contributed by atoms with Crippen molar-refractivity contribution in [2.75, 3.05) is 13.7 Å². The molecule has 4 N–H and O–H groups in total. The summed E-state index contributed by atoms with van der Waals surface area (Å²) in [4.78, 5) is 1.93. The summed E-state index contributed by atoms with van der Waals surface area (Å²) in [5.74, 6) is 0.755. The van der Waals surface area contributed by atoms with E-state index in [1.54, 1.807) is 20.2 Å². The first-order valence-electron chi connectivity index (χ1n) is 10.2. The zero-order valence-corrected chi connectivity index (χ0v) is 22.4. The van der Waals surface area contributed by atoms with Crippen molar-refractivity contribution in [3.63, 3.8) is 0 Å². The van der Waals surface area contributed by atoms with Crippen LogP contribution in [0.5, 0.6) is 5.75 Å². The summed E-state index contributed by atoms with van der Waals surface area (Å²) < 4.78 is 32.0. The number of ether oxygens (including phenoxy) is 1. The molecular formula is C21H37N3O4S2Si. The van der Waals surface area contributed by atoms with Gasteiger partial charge in [0, 0.05) is 6.20 Å². The SMILES string of the molecule is COc1ccc([C@H](C)N2C=C(S(=N)(N)=O)SC2[C@@](C)(O)CO[Si](C)(C)C(C)(C)C)cc1. The quantitative estimate of drug-likeness (QED) is 0.462. The van der Waals surface area contributed by atoms with Gasteiger partial charge in [0.25, 0.3) is 0 Å². The monoisotopic (exact) mass is 487 g/mol. The van der Waals surface area contributed by atoms with Gasteiger partial charge in [0.15, 0.2) is 8.32 Å². The van der Waals surface area contributed by atoms with E-state index in [2.05, 4.69) is 33.9 Å². The van der Waals surface area contributed by atoms with E-state index < -0.39 is 29.2 Å². The van der Waals surface area contributed by atoms with Crippen LogP contribution in [-0.2, 0) is 14.3 Å². The molecule has 1 aromatic carbocycles. The van der Waals surface area contributed by atoms with Crippen LogP contribution in [0.1, 0.15) is 46.2 Å². The number of rotatable bonds is 8. The minimum absolute atomic E-state index is 0.0120. The summed E-state index contributed by atoms with van der Waals surface area (Å²) >= 11 is 1.18. The lowest BCUT2D eigenvalue weighted by Crippen LogP contribution is -2.52. The minimum atomic E-state index is -3.40. The molecule has 1 aliphatic heterocycles. The lowest BCUT2D eigenvalue weighted by molar-refractivity contribution is -0.0295. The molecule has 2 rings (SSSR count). The van der Waals surface area contributed by atoms with Gasteiger partial charge < -0.3 is 19.2 Å². The number of benzene rings is 1. The molecule has 0 amide bonds. The molecule has 0 radical (unpaired) electrons. The molecule has 7 nitrogen and oxygen atoms in total. The average molecular weight is 488 g/mol. The Balaban J connectivity index is 2.34. The molecule has 4 atom stereocenters. The molecule has 0 bridgehead atoms. The number of nitrogens with zero attached hydrogens (tertiary/aromatic N) is 1. The lowest BCUT2D eigenvalue weighted by Gasteiger charge is -2.43. The maximum Gasteiger partial charge on any atom is 0.192 e. The van der Waals surface area contributed by atoms with Gasteiger partial charge in [-0.25, -0.2) is 14.1 Å². The smallest absolute Gasteiger partial charge is 0.192 e. The Kier molecular flexibility index (Phi) is 7.67. The van der Waals surface area contributed by atoms with Gasteiger partial charge in [-0.15, -0.1) is 0 Å². The summed E-state index contributed by atoms with van der Waals surface area (Å²) in [6.07, 6.45) is 1.65. The van der Waals surface area contributed by atoms with E-state index in [1.807, 2.05) is 36.1 Å². The van der Waals surface area contributed by atoms with Gasteiger partial charge in [-0.1, -0.05) is 44.7 Å². The first-order valence-corrected chi connectivity index (χ1v) is 15.6. The maximum atomic E-state index is 12.3. The molecule has 0 aliphatic carbocycles. The summed E-state index contributed by atoms with van der Waals surface area (Å²) in [5.41, 5.74) is -0.261. The number of methoxy groups -OCH3 is 1. The highest BCUT2D eigenvalue weighted by atomic mass is 32.3. The van der Waals surface area contributed by atoms with Gasteiger partial charge in [0.05, 0.1) is 19.8 Å². The molecule has 31 heavy (non-hydrogen) atoms. The van der Waals surface area contributed by atoms with Crippen molar-refractivity contribution < 1.29 is 18.5 Å². The number of aliphatic hydroxyl groups is 1. The van der Waals surface area contributed by atoms with E-state index >= 15 is 0 Å². The molecule has 1 aromatic rings. The highest BCUT2D eigenvalue weighted by molar-refractivity contribution is 8.18. The van der Waals surface area contributed by atoms with Crippen LogP contribution >= 0.6 is 11.8 Å². The van der Waals surface area contributed by atoms with E-state index in [4.69, 9.17) is 19.1 Å². The lowest BCUT2D eigenvalue weighted by atomic mass is 10.0. The Morgan fingerprint density at radius 3 is 2.29 bits per heavy atom. The van der Waals surface area contributed by atoms with Crippen LogP contribution in [0.2, 0.25) is 18.1 Å². The Bertz CT molecular complexity index is 910. The maximum absolute atomic E-state index is 12.3. The van der Waals surface area contributed by atoms with Crippen molar-refractivity contribution in [3.05, 3.63) is 40.3 Å². The second-order valence-corrected chi connectivity index (χ2v) is 17.7. The number of nitrogens with two attached hydrogens (primary N) is 1. The van der Waals surface area contributed by atoms with E-state index in [0.29, 0.717) is 0 Å². The van der Waals surface area contributed by atoms with Crippen LogP contribution in [0.4, 0.5) is 0 Å². The fourth-order valence-electron chi connectivity index (χ4n) is 2.97. The second-order valence-electron chi connectivity index (χ2n) is 9.82. The molecular weight excluding hydrogens is 450 g/mol. The van der Waals surface area contributed by atoms with Gasteiger partial charge in [-0.2, -0.15) is 0 Å². The normalized spacial score (nSPS) is 22.5. The van der Waals surface area contributed by atoms with E-state index in [1.165, 1.54) is 11.8 Å². The van der Waals surface area contributed by atoms with Crippen LogP contribution in [-0.4, -0.2) is 47.2 Å². The topological polar surface area (TPSA) is 109 Å². The zero-order chi connectivity index (χ0) is 23.8. The Morgan fingerprint density at radius 1 is 1.29 bits per heavy atom. The average Bonchev–Trinajstić information content (AvgIpc) is 3.12. The first kappa shape index (κ1) is 26.2. The Labute approximate surface area is 192 Å². The molecule has 0 saturated heterocycles. The van der Waals surface area contributed by atoms with Gasteiger partial charge in [-0.05, 0) is 49.7 Å². The Hall–Kier alpha value is -1.04. The molecule has 1 aliphatic rings. The number of hydrogen-bond acceptors (Lipinski definition) is 7. The molecule has 0 fully saturated rings. The van der Waals surface area contributed by atoms with Crippen LogP contribution in [0.25, 0.3) is 0 Å². The van der Waals surface area contributed by atoms with Crippen molar-refractivity contribution in [2.24, 2.45) is 5.14 Å². The highest BCUT2D eigenvalue weighted by Crippen LogP contribution is 2.46. The summed E-state index contributed by atoms with van der Waals surface area (Å²) in [7, 11) is -3.87. The van der Waals surface area contributed by atoms with Crippen LogP contribution in [0.15, 0.2) is 34.7 Å². The third kappa shape index (κ3) is 6.05. The molecule has 1 heterocycles. The van der Waals surface area contributed by atoms with Crippen molar-refractivity contribution in [3.8, 4) is 5.75 Å². The predicted molar refractivity (Wildman–Crippen MR) is 132 cm³/mol. The second kappa shape index (κ2) is 9.07. The predicted octanol–water partition coefficient (Wildman–Crippen LogP) is 4.62. The summed E-state index contributed by atoms with van der Waals surface area (Å²) in [5, 5.41) is 16.6. The molecule has 176 valence electrons. The highest BCUT2D eigenvalue weighted by Gasteiger charge is 2.46. The zero-order valence-electron chi connectivity index (χ0n) is 19.8. The number of hydrogen-bond donors (Lipinski definition) is 3. The van der Waals surface area contributed by atoms with Crippen molar-refractivity contribution >= 4 is 30.0 Å². The number of nitrogens with one attached hydrogen (secondary N) is 1. The molecule has 0 spiro atoms. The van der Waals surface area contributed by atoms with Crippen LogP contribution in [0, 0.1) is 4.78 Å². The fourth-order valence-corrected chi connectivity index (χ4v) is 6.27. The third-order valence-electron chi connectivity index (χ3n) is 6.16. The molecule has 0 aromatic heterocycles. The van der Waals surface area contributed by atoms with E-state index in [9.17, 15) is 9.32 Å². The Morgan fingerprint density at radius 2 is 1.84 bits per heavy atom. The minimum Gasteiger partial charge on any atom is -0.497 e. The third-order valence-corrected chi connectivity index (χ3v) is 13.7.